The molecular weight excluding hydrogens is 766 g/mol. The molecule has 1 aliphatic carbocycles. The highest BCUT2D eigenvalue weighted by molar-refractivity contribution is 7.91. The van der Waals surface area contributed by atoms with Crippen molar-refractivity contribution in [2.75, 3.05) is 5.32 Å². The van der Waals surface area contributed by atoms with Gasteiger partial charge in [0.05, 0.1) is 27.8 Å². The lowest BCUT2D eigenvalue weighted by Gasteiger charge is -2.36. The molecule has 296 valence electrons. The predicted molar refractivity (Wildman–Crippen MR) is 207 cm³/mol. The average Bonchev–Trinajstić information content (AvgIpc) is 3.93. The van der Waals surface area contributed by atoms with Crippen LogP contribution in [0.2, 0.25) is 0 Å². The fourth-order valence-corrected chi connectivity index (χ4v) is 9.38. The Bertz CT molecular complexity index is 2730. The number of aromatic amines is 1. The topological polar surface area (TPSA) is 194 Å². The summed E-state index contributed by atoms with van der Waals surface area (Å²) in [5.41, 5.74) is 4.99. The van der Waals surface area contributed by atoms with Crippen LogP contribution in [0, 0.1) is 11.7 Å². The molecule has 3 aromatic heterocycles. The maximum atomic E-state index is 15.6. The van der Waals surface area contributed by atoms with Crippen LogP contribution in [0.15, 0.2) is 89.2 Å². The number of halogens is 1. The van der Waals surface area contributed by atoms with Gasteiger partial charge in [-0.1, -0.05) is 24.3 Å². The standard InChI is InChI=1S/C41H38FN9O6S/c1-22(2)57-37-36(28-18-44-45-19-28)43-21-51-38(37)48-41(49-51)46-33-9-7-30(17-32(33)42)58(55,56)29-5-3-4-23(15-29)12-24-13-26(14-24)25-6-8-31-27(16-25)20-50(40(31)54)34-10-11-35(52)47-39(34)53/h3-9,15-19,21-22,24,26,34H,10-14,20H2,1-2H3,(H,44,45)(H,46,49)(H,47,52,53)/t24?,26?,34-/m0/s1. The molecule has 1 atom stereocenters. The SMILES string of the molecule is CC(C)Oc1c(-c2cn[nH]c2)ncn2nc(Nc3ccc(S(=O)(=O)c4cccc(CC5CC(c6ccc7c(c6)CN([C@H]6CCC(=O)NC6=O)C7=O)C5)c4)cc3F)nc12. The van der Waals surface area contributed by atoms with Crippen molar-refractivity contribution >= 4 is 44.8 Å². The molecule has 3 aromatic carbocycles. The number of anilines is 2. The van der Waals surface area contributed by atoms with Crippen molar-refractivity contribution < 1.29 is 31.9 Å². The van der Waals surface area contributed by atoms with Gasteiger partial charge in [-0.25, -0.2) is 17.8 Å². The molecule has 2 aliphatic heterocycles. The van der Waals surface area contributed by atoms with Crippen LogP contribution >= 0.6 is 0 Å². The first kappa shape index (κ1) is 37.1. The summed E-state index contributed by atoms with van der Waals surface area (Å²) in [4.78, 5) is 47.6. The van der Waals surface area contributed by atoms with Crippen LogP contribution in [0.5, 0.6) is 5.75 Å². The maximum Gasteiger partial charge on any atom is 0.255 e. The number of nitrogens with zero attached hydrogens (tertiary/aromatic N) is 6. The number of hydrogen-bond donors (Lipinski definition) is 3. The number of sulfone groups is 1. The number of piperidine rings is 1. The zero-order valence-electron chi connectivity index (χ0n) is 31.5. The molecule has 3 aliphatic rings. The van der Waals surface area contributed by atoms with Gasteiger partial charge in [-0.3, -0.25) is 24.8 Å². The minimum atomic E-state index is -4.05. The zero-order chi connectivity index (χ0) is 40.3. The van der Waals surface area contributed by atoms with E-state index in [-0.39, 0.29) is 45.8 Å². The van der Waals surface area contributed by atoms with E-state index in [1.54, 1.807) is 29.4 Å². The number of aromatic nitrogens is 6. The largest absolute Gasteiger partial charge is 0.485 e. The number of H-pyrrole nitrogens is 1. The minimum absolute atomic E-state index is 0.0147. The van der Waals surface area contributed by atoms with Crippen molar-refractivity contribution in [1.29, 1.82) is 0 Å². The number of benzene rings is 3. The Balaban J connectivity index is 0.852. The number of nitrogens with one attached hydrogen (secondary N) is 3. The van der Waals surface area contributed by atoms with Gasteiger partial charge in [-0.2, -0.15) is 14.6 Å². The summed E-state index contributed by atoms with van der Waals surface area (Å²) in [7, 11) is -4.05. The maximum absolute atomic E-state index is 15.6. The Hall–Kier alpha value is -6.49. The average molecular weight is 804 g/mol. The molecule has 2 fully saturated rings. The molecule has 0 radical (unpaired) electrons. The second kappa shape index (κ2) is 14.5. The molecule has 6 aromatic rings. The van der Waals surface area contributed by atoms with Gasteiger partial charge in [0.2, 0.25) is 33.2 Å². The summed E-state index contributed by atoms with van der Waals surface area (Å²) in [5.74, 6) is -0.691. The number of fused-ring (bicyclic) bond motifs is 2. The van der Waals surface area contributed by atoms with Crippen LogP contribution < -0.4 is 15.4 Å². The van der Waals surface area contributed by atoms with E-state index < -0.39 is 27.6 Å². The van der Waals surface area contributed by atoms with E-state index in [1.165, 1.54) is 29.0 Å². The lowest BCUT2D eigenvalue weighted by atomic mass is 9.69. The Labute approximate surface area is 332 Å². The lowest BCUT2D eigenvalue weighted by molar-refractivity contribution is -0.136. The summed E-state index contributed by atoms with van der Waals surface area (Å²) in [6.45, 7) is 4.07. The third-order valence-corrected chi connectivity index (χ3v) is 12.7. The molecule has 1 saturated heterocycles. The van der Waals surface area contributed by atoms with Crippen LogP contribution in [-0.4, -0.2) is 73.0 Å². The third kappa shape index (κ3) is 6.84. The Kier molecular flexibility index (Phi) is 9.26. The predicted octanol–water partition coefficient (Wildman–Crippen LogP) is 5.51. The van der Waals surface area contributed by atoms with E-state index in [2.05, 4.69) is 42.0 Å². The zero-order valence-corrected chi connectivity index (χ0v) is 32.3. The third-order valence-electron chi connectivity index (χ3n) is 11.0. The first-order chi connectivity index (χ1) is 27.9. The molecule has 0 bridgehead atoms. The normalized spacial score (nSPS) is 19.3. The van der Waals surface area contributed by atoms with Crippen molar-refractivity contribution in [2.45, 2.75) is 80.4 Å². The van der Waals surface area contributed by atoms with Gasteiger partial charge < -0.3 is 15.0 Å². The van der Waals surface area contributed by atoms with Gasteiger partial charge >= 0.3 is 0 Å². The quantitative estimate of drug-likeness (QED) is 0.140. The highest BCUT2D eigenvalue weighted by atomic mass is 32.2. The minimum Gasteiger partial charge on any atom is -0.485 e. The lowest BCUT2D eigenvalue weighted by Crippen LogP contribution is -2.52. The smallest absolute Gasteiger partial charge is 0.255 e. The van der Waals surface area contributed by atoms with E-state index in [4.69, 9.17) is 4.74 Å². The van der Waals surface area contributed by atoms with Gasteiger partial charge in [0, 0.05) is 30.3 Å². The van der Waals surface area contributed by atoms with Crippen LogP contribution in [0.25, 0.3) is 16.9 Å². The molecule has 58 heavy (non-hydrogen) atoms. The van der Waals surface area contributed by atoms with E-state index in [9.17, 15) is 22.8 Å². The molecule has 5 heterocycles. The number of ether oxygens (including phenoxy) is 1. The van der Waals surface area contributed by atoms with E-state index in [0.717, 1.165) is 35.6 Å². The fraction of sp³-hybridized carbons (Fsp3) is 0.293. The van der Waals surface area contributed by atoms with Gasteiger partial charge in [-0.15, -0.1) is 5.10 Å². The molecule has 3 N–H and O–H groups in total. The molecule has 9 rings (SSSR count). The number of carbonyl (C=O) groups is 3. The molecular formula is C41H38FN9O6S. The highest BCUT2D eigenvalue weighted by Gasteiger charge is 2.40. The van der Waals surface area contributed by atoms with Crippen LogP contribution in [0.3, 0.4) is 0 Å². The summed E-state index contributed by atoms with van der Waals surface area (Å²) in [5, 5.41) is 16.3. The molecule has 17 heteroatoms. The van der Waals surface area contributed by atoms with Crippen molar-refractivity contribution in [3.05, 3.63) is 107 Å². The van der Waals surface area contributed by atoms with Gasteiger partial charge in [0.25, 0.3) is 5.91 Å². The molecule has 0 unspecified atom stereocenters. The number of carbonyl (C=O) groups excluding carboxylic acids is 3. The highest BCUT2D eigenvalue weighted by Crippen LogP contribution is 2.44. The summed E-state index contributed by atoms with van der Waals surface area (Å²) in [6.07, 6.45) is 7.55. The fourth-order valence-electron chi connectivity index (χ4n) is 8.04. The van der Waals surface area contributed by atoms with Crippen LogP contribution in [0.1, 0.15) is 72.5 Å². The molecule has 3 amide bonds. The second-order valence-corrected chi connectivity index (χ2v) is 17.2. The van der Waals surface area contributed by atoms with Gasteiger partial charge in [0.1, 0.15) is 23.9 Å². The number of imide groups is 1. The Morgan fingerprint density at radius 2 is 1.86 bits per heavy atom. The van der Waals surface area contributed by atoms with E-state index in [1.807, 2.05) is 32.0 Å². The molecule has 0 spiro atoms. The Morgan fingerprint density at radius 1 is 1.03 bits per heavy atom. The Morgan fingerprint density at radius 3 is 2.62 bits per heavy atom. The second-order valence-electron chi connectivity index (χ2n) is 15.3. The first-order valence-electron chi connectivity index (χ1n) is 19.0. The summed E-state index contributed by atoms with van der Waals surface area (Å²) < 4.78 is 50.5. The van der Waals surface area contributed by atoms with Gasteiger partial charge in [0.15, 0.2) is 5.75 Å². The van der Waals surface area contributed by atoms with Crippen LogP contribution in [-0.2, 0) is 32.4 Å². The van der Waals surface area contributed by atoms with Crippen molar-refractivity contribution in [1.82, 2.24) is 40.0 Å². The summed E-state index contributed by atoms with van der Waals surface area (Å²) in [6, 6.07) is 15.6. The van der Waals surface area contributed by atoms with Crippen molar-refractivity contribution in [2.24, 2.45) is 5.92 Å². The molecule has 1 saturated carbocycles. The van der Waals surface area contributed by atoms with Crippen molar-refractivity contribution in [3.8, 4) is 17.0 Å². The van der Waals surface area contributed by atoms with Crippen molar-refractivity contribution in [3.63, 3.8) is 0 Å². The van der Waals surface area contributed by atoms with E-state index in [0.29, 0.717) is 59.4 Å². The van der Waals surface area contributed by atoms with Gasteiger partial charge in [-0.05, 0) is 104 Å². The van der Waals surface area contributed by atoms with Crippen LogP contribution in [0.4, 0.5) is 16.0 Å². The number of amides is 3. The number of rotatable bonds is 11. The monoisotopic (exact) mass is 803 g/mol. The number of hydrogen-bond acceptors (Lipinski definition) is 11. The van der Waals surface area contributed by atoms with E-state index >= 15 is 4.39 Å². The molecule has 15 nitrogen and oxygen atoms in total. The summed E-state index contributed by atoms with van der Waals surface area (Å²) >= 11 is 0. The first-order valence-corrected chi connectivity index (χ1v) is 20.5.